The highest BCUT2D eigenvalue weighted by Gasteiger charge is 2.33. The Morgan fingerprint density at radius 2 is 1.81 bits per heavy atom. The highest BCUT2D eigenvalue weighted by atomic mass is 19.4. The average molecular weight is 429 g/mol. The first-order valence-electron chi connectivity index (χ1n) is 10.2. The molecule has 1 aliphatic carbocycles. The van der Waals surface area contributed by atoms with Gasteiger partial charge < -0.3 is 16.0 Å². The van der Waals surface area contributed by atoms with E-state index in [0.717, 1.165) is 29.7 Å². The summed E-state index contributed by atoms with van der Waals surface area (Å²) < 4.78 is 38.2. The minimum Gasteiger partial charge on any atom is -0.386 e. The van der Waals surface area contributed by atoms with Crippen molar-refractivity contribution in [2.75, 3.05) is 18.9 Å². The summed E-state index contributed by atoms with van der Waals surface area (Å²) in [4.78, 5) is 0. The van der Waals surface area contributed by atoms with Crippen molar-refractivity contribution in [1.29, 1.82) is 5.41 Å². The van der Waals surface area contributed by atoms with E-state index in [1.54, 1.807) is 0 Å². The molecule has 164 valence electrons. The number of halogens is 3. The number of rotatable bonds is 10. The number of anilines is 1. The van der Waals surface area contributed by atoms with Crippen LogP contribution in [0.5, 0.6) is 0 Å². The zero-order valence-electron chi connectivity index (χ0n) is 17.4. The Kier molecular flexibility index (Phi) is 7.17. The van der Waals surface area contributed by atoms with Crippen LogP contribution in [0.25, 0.3) is 0 Å². The first-order valence-corrected chi connectivity index (χ1v) is 10.2. The Balaban J connectivity index is 1.79. The molecule has 4 N–H and O–H groups in total. The maximum Gasteiger partial charge on any atom is 0.432 e. The zero-order chi connectivity index (χ0) is 22.4. The van der Waals surface area contributed by atoms with Gasteiger partial charge in [-0.3, -0.25) is 5.41 Å². The third-order valence-corrected chi connectivity index (χ3v) is 5.14. The lowest BCUT2D eigenvalue weighted by atomic mass is 9.98. The van der Waals surface area contributed by atoms with E-state index < -0.39 is 11.9 Å². The number of hydrogen-bond acceptors (Lipinski definition) is 4. The van der Waals surface area contributed by atoms with E-state index in [1.165, 1.54) is 19.9 Å². The molecule has 0 heterocycles. The summed E-state index contributed by atoms with van der Waals surface area (Å²) in [6.45, 7) is 4.78. The molecule has 0 aromatic heterocycles. The molecule has 2 aromatic carbocycles. The van der Waals surface area contributed by atoms with Gasteiger partial charge in [0.05, 0.1) is 17.4 Å². The van der Waals surface area contributed by atoms with E-state index in [2.05, 4.69) is 34.7 Å². The van der Waals surface area contributed by atoms with Crippen molar-refractivity contribution in [3.63, 3.8) is 0 Å². The first kappa shape index (κ1) is 22.6. The summed E-state index contributed by atoms with van der Waals surface area (Å²) in [5.74, 6) is 0.722. The van der Waals surface area contributed by atoms with Gasteiger partial charge in [0.2, 0.25) is 0 Å². The van der Waals surface area contributed by atoms with E-state index in [4.69, 9.17) is 5.41 Å². The normalized spacial score (nSPS) is 15.3. The van der Waals surface area contributed by atoms with Crippen molar-refractivity contribution in [2.24, 2.45) is 5.92 Å². The summed E-state index contributed by atoms with van der Waals surface area (Å²) in [6, 6.07) is 17.9. The topological polar surface area (TPSA) is 59.9 Å². The molecule has 3 rings (SSSR count). The Bertz CT molecular complexity index is 947. The van der Waals surface area contributed by atoms with Gasteiger partial charge >= 0.3 is 6.18 Å². The van der Waals surface area contributed by atoms with Crippen LogP contribution < -0.4 is 16.0 Å². The third-order valence-electron chi connectivity index (χ3n) is 5.14. The minimum atomic E-state index is -4.71. The molecule has 1 aliphatic rings. The van der Waals surface area contributed by atoms with Gasteiger partial charge in [0.25, 0.3) is 0 Å². The zero-order valence-corrected chi connectivity index (χ0v) is 17.4. The van der Waals surface area contributed by atoms with Crippen LogP contribution in [0.2, 0.25) is 0 Å². The molecule has 1 fully saturated rings. The van der Waals surface area contributed by atoms with Gasteiger partial charge in [-0.05, 0) is 54.6 Å². The fourth-order valence-electron chi connectivity index (χ4n) is 3.25. The highest BCUT2D eigenvalue weighted by Crippen LogP contribution is 2.31. The largest absolute Gasteiger partial charge is 0.432 e. The molecule has 0 radical (unpaired) electrons. The lowest BCUT2D eigenvalue weighted by Crippen LogP contribution is -2.25. The second kappa shape index (κ2) is 9.83. The molecule has 4 nitrogen and oxygen atoms in total. The Hall–Kier alpha value is -3.06. The molecular formula is C24H27F3N4. The molecule has 0 saturated heterocycles. The van der Waals surface area contributed by atoms with Crippen LogP contribution in [0.15, 0.2) is 78.6 Å². The molecule has 31 heavy (non-hydrogen) atoms. The SMILES string of the molecule is C=C(Nc1cccc(C(NCC2CC2)c2ccccc2)c1)/C(=C/C(=N)C(F)(F)F)NC. The van der Waals surface area contributed by atoms with Crippen LogP contribution in [-0.2, 0) is 0 Å². The van der Waals surface area contributed by atoms with Crippen LogP contribution in [0, 0.1) is 11.3 Å². The number of nitrogens with one attached hydrogen (secondary N) is 4. The van der Waals surface area contributed by atoms with Crippen LogP contribution >= 0.6 is 0 Å². The molecule has 0 spiro atoms. The van der Waals surface area contributed by atoms with Crippen molar-refractivity contribution < 1.29 is 13.2 Å². The lowest BCUT2D eigenvalue weighted by Gasteiger charge is -2.21. The molecular weight excluding hydrogens is 401 g/mol. The second-order valence-corrected chi connectivity index (χ2v) is 7.64. The van der Waals surface area contributed by atoms with Crippen LogP contribution in [0.1, 0.15) is 30.0 Å². The number of hydrogen-bond donors (Lipinski definition) is 4. The number of alkyl halides is 3. The fraction of sp³-hybridized carbons (Fsp3) is 0.292. The third kappa shape index (κ3) is 6.46. The predicted octanol–water partition coefficient (Wildman–Crippen LogP) is 5.39. The van der Waals surface area contributed by atoms with Crippen LogP contribution in [0.3, 0.4) is 0 Å². The van der Waals surface area contributed by atoms with Crippen LogP contribution in [-0.4, -0.2) is 25.5 Å². The van der Waals surface area contributed by atoms with Crippen molar-refractivity contribution in [3.05, 3.63) is 89.8 Å². The monoisotopic (exact) mass is 428 g/mol. The second-order valence-electron chi connectivity index (χ2n) is 7.64. The lowest BCUT2D eigenvalue weighted by molar-refractivity contribution is -0.0584. The summed E-state index contributed by atoms with van der Waals surface area (Å²) in [5, 5.41) is 16.6. The van der Waals surface area contributed by atoms with E-state index >= 15 is 0 Å². The Morgan fingerprint density at radius 3 is 2.42 bits per heavy atom. The molecule has 0 amide bonds. The van der Waals surface area contributed by atoms with Crippen molar-refractivity contribution in [2.45, 2.75) is 25.1 Å². The molecule has 1 unspecified atom stereocenters. The van der Waals surface area contributed by atoms with Gasteiger partial charge in [-0.25, -0.2) is 0 Å². The van der Waals surface area contributed by atoms with E-state index in [-0.39, 0.29) is 17.4 Å². The van der Waals surface area contributed by atoms with Gasteiger partial charge in [0.15, 0.2) is 0 Å². The first-order chi connectivity index (χ1) is 14.8. The van der Waals surface area contributed by atoms with Gasteiger partial charge in [0.1, 0.15) is 5.71 Å². The molecule has 2 aromatic rings. The van der Waals surface area contributed by atoms with Gasteiger partial charge in [-0.15, -0.1) is 0 Å². The highest BCUT2D eigenvalue weighted by molar-refractivity contribution is 5.97. The maximum atomic E-state index is 12.7. The molecule has 0 bridgehead atoms. The average Bonchev–Trinajstić information content (AvgIpc) is 3.56. The summed E-state index contributed by atoms with van der Waals surface area (Å²) in [5.41, 5.74) is 1.80. The smallest absolute Gasteiger partial charge is 0.386 e. The van der Waals surface area contributed by atoms with E-state index in [1.807, 2.05) is 42.5 Å². The Labute approximate surface area is 180 Å². The van der Waals surface area contributed by atoms with Gasteiger partial charge in [-0.2, -0.15) is 13.2 Å². The molecule has 0 aliphatic heterocycles. The fourth-order valence-corrected chi connectivity index (χ4v) is 3.25. The quantitative estimate of drug-likeness (QED) is 0.303. The van der Waals surface area contributed by atoms with Crippen molar-refractivity contribution in [1.82, 2.24) is 10.6 Å². The standard InChI is InChI=1S/C24H27F3N4/c1-16(21(29-2)14-22(28)24(25,26)27)31-20-10-6-9-19(13-20)23(30-15-17-11-12-17)18-7-4-3-5-8-18/h3-10,13-14,17,23,28-31H,1,11-12,15H2,2H3/b21-14-,28-22?. The van der Waals surface area contributed by atoms with E-state index in [0.29, 0.717) is 5.69 Å². The Morgan fingerprint density at radius 1 is 1.13 bits per heavy atom. The van der Waals surface area contributed by atoms with E-state index in [9.17, 15) is 13.2 Å². The molecule has 1 saturated carbocycles. The molecule has 7 heteroatoms. The van der Waals surface area contributed by atoms with Crippen LogP contribution in [0.4, 0.5) is 18.9 Å². The summed E-state index contributed by atoms with van der Waals surface area (Å²) >= 11 is 0. The van der Waals surface area contributed by atoms with Gasteiger partial charge in [0, 0.05) is 12.7 Å². The predicted molar refractivity (Wildman–Crippen MR) is 119 cm³/mol. The summed E-state index contributed by atoms with van der Waals surface area (Å²) in [6.07, 6.45) is -1.48. The number of allylic oxidation sites excluding steroid dienone is 1. The number of likely N-dealkylation sites (N-methyl/N-ethyl adjacent to an activating group) is 1. The molecule has 1 atom stereocenters. The number of benzene rings is 2. The van der Waals surface area contributed by atoms with Gasteiger partial charge in [-0.1, -0.05) is 49.0 Å². The minimum absolute atomic E-state index is 0.00883. The summed E-state index contributed by atoms with van der Waals surface area (Å²) in [7, 11) is 1.49. The van der Waals surface area contributed by atoms with Crippen molar-refractivity contribution >= 4 is 11.4 Å². The van der Waals surface area contributed by atoms with Crippen molar-refractivity contribution in [3.8, 4) is 0 Å². The maximum absolute atomic E-state index is 12.7.